The van der Waals surface area contributed by atoms with Gasteiger partial charge in [-0.25, -0.2) is 8.78 Å². The Morgan fingerprint density at radius 3 is 1.47 bits per heavy atom. The highest BCUT2D eigenvalue weighted by atomic mass is 33.1. The van der Waals surface area contributed by atoms with Crippen LogP contribution in [0.2, 0.25) is 0 Å². The number of benzene rings is 2. The first-order chi connectivity index (χ1) is 17.4. The van der Waals surface area contributed by atoms with Gasteiger partial charge in [-0.2, -0.15) is 10.2 Å². The molecule has 36 heavy (non-hydrogen) atoms. The molecule has 2 heterocycles. The first-order valence-corrected chi connectivity index (χ1v) is 15.7. The average molecular weight is 569 g/mol. The number of hydrazone groups is 2. The highest BCUT2D eigenvalue weighted by molar-refractivity contribution is 8.93. The van der Waals surface area contributed by atoms with Crippen molar-refractivity contribution in [1.29, 1.82) is 0 Å². The van der Waals surface area contributed by atoms with Gasteiger partial charge >= 0.3 is 0 Å². The number of nitrogens with zero attached hydrogens (tertiary/aromatic N) is 2. The van der Waals surface area contributed by atoms with Crippen LogP contribution in [0.1, 0.15) is 52.4 Å². The Morgan fingerprint density at radius 1 is 0.722 bits per heavy atom. The Bertz CT molecular complexity index is 984. The number of anilines is 2. The van der Waals surface area contributed by atoms with Crippen molar-refractivity contribution in [3.8, 4) is 0 Å². The fourth-order valence-electron chi connectivity index (χ4n) is 3.63. The van der Waals surface area contributed by atoms with Crippen LogP contribution in [0.5, 0.6) is 0 Å². The predicted octanol–water partition coefficient (Wildman–Crippen LogP) is 7.77. The molecule has 0 radical (unpaired) electrons. The normalized spacial score (nSPS) is 23.0. The zero-order valence-electron chi connectivity index (χ0n) is 20.1. The molecule has 0 aromatic heterocycles. The average Bonchev–Trinajstić information content (AvgIpc) is 3.48. The number of hydrogen-bond acceptors (Lipinski definition) is 10. The molecule has 0 amide bonds. The molecule has 2 aliphatic heterocycles. The fourth-order valence-corrected chi connectivity index (χ4v) is 8.74. The topological polar surface area (TPSA) is 72.8 Å². The molecule has 0 aliphatic carbocycles. The highest BCUT2D eigenvalue weighted by Crippen LogP contribution is 2.46. The SMILES string of the molecule is CCCCC1(Nc2ccc(F)cc2)NN=C(SSC2=NNC(CCCC)(Nc3ccc(F)cc3)S2)S1. The number of unbranched alkanes of at least 4 members (excludes halogenated alkanes) is 2. The van der Waals surface area contributed by atoms with Gasteiger partial charge in [0.25, 0.3) is 0 Å². The van der Waals surface area contributed by atoms with Crippen LogP contribution in [-0.2, 0) is 0 Å². The van der Waals surface area contributed by atoms with Gasteiger partial charge < -0.3 is 10.6 Å². The summed E-state index contributed by atoms with van der Waals surface area (Å²) in [7, 11) is 3.12. The predicted molar refractivity (Wildman–Crippen MR) is 156 cm³/mol. The minimum absolute atomic E-state index is 0.258. The molecule has 2 unspecified atom stereocenters. The van der Waals surface area contributed by atoms with Crippen LogP contribution in [0.3, 0.4) is 0 Å². The first kappa shape index (κ1) is 27.3. The molecule has 2 aliphatic rings. The number of nitrogens with one attached hydrogen (secondary N) is 4. The van der Waals surface area contributed by atoms with Gasteiger partial charge in [-0.15, -0.1) is 0 Å². The third kappa shape index (κ3) is 7.39. The third-order valence-electron chi connectivity index (χ3n) is 5.51. The summed E-state index contributed by atoms with van der Waals surface area (Å²) in [4.78, 5) is -0.955. The molecule has 2 aromatic rings. The van der Waals surface area contributed by atoms with Gasteiger partial charge in [-0.05, 0) is 106 Å². The van der Waals surface area contributed by atoms with Crippen LogP contribution >= 0.6 is 45.1 Å². The van der Waals surface area contributed by atoms with Crippen molar-refractivity contribution in [2.75, 3.05) is 10.6 Å². The lowest BCUT2D eigenvalue weighted by Crippen LogP contribution is -2.43. The molecule has 0 saturated carbocycles. The van der Waals surface area contributed by atoms with Crippen molar-refractivity contribution >= 4 is 65.2 Å². The quantitative estimate of drug-likeness (QED) is 0.217. The van der Waals surface area contributed by atoms with Crippen LogP contribution in [0.15, 0.2) is 58.7 Å². The molecule has 0 bridgehead atoms. The maximum Gasteiger partial charge on any atom is 0.178 e. The van der Waals surface area contributed by atoms with Crippen molar-refractivity contribution in [2.24, 2.45) is 10.2 Å². The van der Waals surface area contributed by atoms with Gasteiger partial charge in [-0.1, -0.05) is 26.7 Å². The van der Waals surface area contributed by atoms with Crippen LogP contribution in [-0.4, -0.2) is 18.7 Å². The molecule has 0 saturated heterocycles. The van der Waals surface area contributed by atoms with Crippen molar-refractivity contribution < 1.29 is 8.78 Å². The van der Waals surface area contributed by atoms with Crippen LogP contribution in [0.25, 0.3) is 0 Å². The Balaban J connectivity index is 1.34. The number of rotatable bonds is 10. The Morgan fingerprint density at radius 2 is 1.11 bits per heavy atom. The fraction of sp³-hybridized carbons (Fsp3) is 0.417. The zero-order valence-corrected chi connectivity index (χ0v) is 23.4. The van der Waals surface area contributed by atoms with E-state index < -0.39 is 9.99 Å². The summed E-state index contributed by atoms with van der Waals surface area (Å²) < 4.78 is 28.5. The van der Waals surface area contributed by atoms with Gasteiger partial charge in [0.2, 0.25) is 0 Å². The summed E-state index contributed by atoms with van der Waals surface area (Å²) in [5.41, 5.74) is 8.25. The van der Waals surface area contributed by atoms with Crippen LogP contribution < -0.4 is 21.5 Å². The molecule has 2 aromatic carbocycles. The second-order valence-corrected chi connectivity index (χ2v) is 13.7. The number of thioether (sulfide) groups is 2. The summed E-state index contributed by atoms with van der Waals surface area (Å²) in [5, 5.41) is 16.2. The minimum Gasteiger partial charge on any atom is -0.353 e. The summed E-state index contributed by atoms with van der Waals surface area (Å²) in [5.74, 6) is -0.516. The molecule has 0 fully saturated rings. The van der Waals surface area contributed by atoms with E-state index in [0.29, 0.717) is 0 Å². The van der Waals surface area contributed by atoms with Crippen LogP contribution in [0, 0.1) is 11.6 Å². The standard InChI is InChI=1S/C24H30F2N6S4/c1-3-5-15-23(27-19-11-7-17(25)8-12-19)31-29-21(33-23)35-36-22-30-32-24(34-22,16-6-4-2)28-20-13-9-18(26)10-14-20/h7-14,27-28,31-32H,3-6,15-16H2,1-2H3. The van der Waals surface area contributed by atoms with E-state index in [-0.39, 0.29) is 11.6 Å². The maximum absolute atomic E-state index is 13.4. The maximum atomic E-state index is 13.4. The molecule has 194 valence electrons. The van der Waals surface area contributed by atoms with E-state index in [1.54, 1.807) is 69.4 Å². The molecular weight excluding hydrogens is 539 g/mol. The van der Waals surface area contributed by atoms with E-state index in [0.717, 1.165) is 58.7 Å². The van der Waals surface area contributed by atoms with Gasteiger partial charge in [-0.3, -0.25) is 10.9 Å². The molecule has 4 rings (SSSR count). The smallest absolute Gasteiger partial charge is 0.178 e. The van der Waals surface area contributed by atoms with Gasteiger partial charge in [0.15, 0.2) is 18.7 Å². The van der Waals surface area contributed by atoms with E-state index in [9.17, 15) is 8.78 Å². The Labute approximate surface area is 227 Å². The minimum atomic E-state index is -0.478. The van der Waals surface area contributed by atoms with Crippen molar-refractivity contribution in [3.05, 3.63) is 60.2 Å². The Hall–Kier alpha value is -1.76. The first-order valence-electron chi connectivity index (χ1n) is 11.9. The van der Waals surface area contributed by atoms with Crippen molar-refractivity contribution in [1.82, 2.24) is 10.9 Å². The highest BCUT2D eigenvalue weighted by Gasteiger charge is 2.40. The number of halogens is 2. The summed E-state index contributed by atoms with van der Waals surface area (Å²) in [6.45, 7) is 4.32. The molecule has 12 heteroatoms. The van der Waals surface area contributed by atoms with Gasteiger partial charge in [0.05, 0.1) is 0 Å². The van der Waals surface area contributed by atoms with Gasteiger partial charge in [0.1, 0.15) is 11.6 Å². The summed E-state index contributed by atoms with van der Waals surface area (Å²) in [6, 6.07) is 12.8. The van der Waals surface area contributed by atoms with Crippen molar-refractivity contribution in [2.45, 2.75) is 62.4 Å². The van der Waals surface area contributed by atoms with E-state index in [1.165, 1.54) is 24.3 Å². The molecular formula is C24H30F2N6S4. The monoisotopic (exact) mass is 568 g/mol. The van der Waals surface area contributed by atoms with Crippen molar-refractivity contribution in [3.63, 3.8) is 0 Å². The Kier molecular flexibility index (Phi) is 9.59. The second kappa shape index (κ2) is 12.7. The van der Waals surface area contributed by atoms with E-state index >= 15 is 0 Å². The van der Waals surface area contributed by atoms with E-state index in [2.05, 4.69) is 45.5 Å². The lowest BCUT2D eigenvalue weighted by atomic mass is 10.2. The molecule has 0 spiro atoms. The second-order valence-electron chi connectivity index (χ2n) is 8.47. The lowest BCUT2D eigenvalue weighted by molar-refractivity contribution is 0.489. The summed E-state index contributed by atoms with van der Waals surface area (Å²) >= 11 is 3.28. The van der Waals surface area contributed by atoms with E-state index in [4.69, 9.17) is 0 Å². The molecule has 4 N–H and O–H groups in total. The van der Waals surface area contributed by atoms with Crippen LogP contribution in [0.4, 0.5) is 20.2 Å². The molecule has 2 atom stereocenters. The molecule has 6 nitrogen and oxygen atoms in total. The summed E-state index contributed by atoms with van der Waals surface area (Å²) in [6.07, 6.45) is 5.90. The number of hydrogen-bond donors (Lipinski definition) is 4. The lowest BCUT2D eigenvalue weighted by Gasteiger charge is -2.30. The third-order valence-corrected chi connectivity index (χ3v) is 10.9. The van der Waals surface area contributed by atoms with E-state index in [1.807, 2.05) is 0 Å². The van der Waals surface area contributed by atoms with Gasteiger partial charge in [0, 0.05) is 24.2 Å². The largest absolute Gasteiger partial charge is 0.353 e. The zero-order chi connectivity index (χ0) is 25.4.